The van der Waals surface area contributed by atoms with Crippen LogP contribution < -0.4 is 0 Å². The molecule has 0 aliphatic carbocycles. The van der Waals surface area contributed by atoms with E-state index >= 15 is 0 Å². The molecule has 2 heterocycles. The van der Waals surface area contributed by atoms with Gasteiger partial charge in [-0.05, 0) is 0 Å². The van der Waals surface area contributed by atoms with E-state index in [-0.39, 0.29) is 23.9 Å². The quantitative estimate of drug-likeness (QED) is 0.565. The lowest BCUT2D eigenvalue weighted by atomic mass is 10.4. The highest BCUT2D eigenvalue weighted by molar-refractivity contribution is 7.91. The van der Waals surface area contributed by atoms with Crippen LogP contribution in [0.25, 0.3) is 0 Å². The van der Waals surface area contributed by atoms with E-state index in [9.17, 15) is 13.2 Å². The summed E-state index contributed by atoms with van der Waals surface area (Å²) in [5.41, 5.74) is 0. The Labute approximate surface area is 80.9 Å². The van der Waals surface area contributed by atoms with Crippen molar-refractivity contribution in [3.63, 3.8) is 0 Å². The van der Waals surface area contributed by atoms with Crippen LogP contribution >= 0.6 is 0 Å². The van der Waals surface area contributed by atoms with E-state index < -0.39 is 9.84 Å². The molecule has 0 unspecified atom stereocenters. The van der Waals surface area contributed by atoms with E-state index in [1.165, 1.54) is 0 Å². The van der Waals surface area contributed by atoms with Crippen LogP contribution in [0, 0.1) is 0 Å². The van der Waals surface area contributed by atoms with Crippen LogP contribution in [0.15, 0.2) is 0 Å². The molecule has 1 aliphatic rings. The Morgan fingerprint density at radius 1 is 1.29 bits per heavy atom. The van der Waals surface area contributed by atoms with Crippen molar-refractivity contribution >= 4 is 16.1 Å². The molecule has 76 valence electrons. The zero-order valence-corrected chi connectivity index (χ0v) is 8.20. The molecule has 1 aromatic rings. The lowest BCUT2D eigenvalue weighted by Crippen LogP contribution is -2.13. The van der Waals surface area contributed by atoms with Crippen molar-refractivity contribution in [2.75, 3.05) is 11.5 Å². The van der Waals surface area contributed by atoms with Gasteiger partial charge in [0.05, 0.1) is 11.5 Å². The topological polar surface area (TPSA) is 81.9 Å². The number of rotatable bonds is 1. The van der Waals surface area contributed by atoms with Gasteiger partial charge in [0.15, 0.2) is 21.9 Å². The standard InChI is InChI=1S/C7H9N3O3S/c11-5-7-9-8-6-1-3-14(12,13)4-2-10(6)7/h5H,1-4H2. The van der Waals surface area contributed by atoms with Gasteiger partial charge in [0.2, 0.25) is 0 Å². The molecule has 1 aliphatic heterocycles. The molecule has 0 radical (unpaired) electrons. The van der Waals surface area contributed by atoms with E-state index in [1.807, 2.05) is 0 Å². The molecule has 0 amide bonds. The molecule has 0 bridgehead atoms. The SMILES string of the molecule is O=Cc1nnc2n1CCS(=O)(=O)CC2. The Morgan fingerprint density at radius 2 is 2.07 bits per heavy atom. The third kappa shape index (κ3) is 1.54. The number of fused-ring (bicyclic) bond motifs is 1. The van der Waals surface area contributed by atoms with Crippen molar-refractivity contribution in [2.24, 2.45) is 0 Å². The summed E-state index contributed by atoms with van der Waals surface area (Å²) in [6.45, 7) is 0.277. The summed E-state index contributed by atoms with van der Waals surface area (Å²) in [5.74, 6) is 0.924. The van der Waals surface area contributed by atoms with Gasteiger partial charge < -0.3 is 4.57 Å². The lowest BCUT2D eigenvalue weighted by molar-refractivity contribution is 0.111. The van der Waals surface area contributed by atoms with Crippen LogP contribution in [0.5, 0.6) is 0 Å². The van der Waals surface area contributed by atoms with Crippen molar-refractivity contribution in [3.05, 3.63) is 11.6 Å². The van der Waals surface area contributed by atoms with Gasteiger partial charge in [-0.15, -0.1) is 10.2 Å². The highest BCUT2D eigenvalue weighted by Crippen LogP contribution is 2.09. The number of carbonyl (C=O) groups excluding carboxylic acids is 1. The summed E-state index contributed by atoms with van der Waals surface area (Å²) in [6.07, 6.45) is 0.928. The van der Waals surface area contributed by atoms with Crippen molar-refractivity contribution in [1.82, 2.24) is 14.8 Å². The second-order valence-electron chi connectivity index (χ2n) is 3.15. The molecule has 6 nitrogen and oxygen atoms in total. The third-order valence-electron chi connectivity index (χ3n) is 2.22. The average Bonchev–Trinajstić information content (AvgIpc) is 2.47. The molecule has 1 aromatic heterocycles. The molecule has 14 heavy (non-hydrogen) atoms. The molecule has 0 fully saturated rings. The van der Waals surface area contributed by atoms with Crippen LogP contribution in [-0.4, -0.2) is 41.0 Å². The van der Waals surface area contributed by atoms with Crippen LogP contribution in [-0.2, 0) is 22.8 Å². The molecule has 0 atom stereocenters. The average molecular weight is 215 g/mol. The summed E-state index contributed by atoms with van der Waals surface area (Å²) in [6, 6.07) is 0. The number of aromatic nitrogens is 3. The molecule has 2 rings (SSSR count). The Morgan fingerprint density at radius 3 is 2.79 bits per heavy atom. The number of aldehydes is 1. The number of carbonyl (C=O) groups is 1. The first kappa shape index (κ1) is 9.32. The maximum absolute atomic E-state index is 11.3. The van der Waals surface area contributed by atoms with Gasteiger partial charge in [-0.3, -0.25) is 4.79 Å². The zero-order chi connectivity index (χ0) is 10.2. The predicted molar refractivity (Wildman–Crippen MR) is 47.8 cm³/mol. The first-order chi connectivity index (χ1) is 6.62. The highest BCUT2D eigenvalue weighted by Gasteiger charge is 2.21. The summed E-state index contributed by atoms with van der Waals surface area (Å²) in [5, 5.41) is 7.43. The van der Waals surface area contributed by atoms with E-state index in [4.69, 9.17) is 0 Å². The monoisotopic (exact) mass is 215 g/mol. The van der Waals surface area contributed by atoms with Gasteiger partial charge >= 0.3 is 0 Å². The third-order valence-corrected chi connectivity index (χ3v) is 3.85. The Hall–Kier alpha value is -1.24. The second-order valence-corrected chi connectivity index (χ2v) is 5.45. The fourth-order valence-electron chi connectivity index (χ4n) is 1.44. The van der Waals surface area contributed by atoms with E-state index in [0.29, 0.717) is 18.5 Å². The number of sulfone groups is 1. The molecule has 0 N–H and O–H groups in total. The summed E-state index contributed by atoms with van der Waals surface area (Å²) in [4.78, 5) is 10.5. The summed E-state index contributed by atoms with van der Waals surface area (Å²) in [7, 11) is -2.99. The zero-order valence-electron chi connectivity index (χ0n) is 7.38. The smallest absolute Gasteiger partial charge is 0.196 e. The number of hydrogen-bond donors (Lipinski definition) is 0. The molecular weight excluding hydrogens is 206 g/mol. The van der Waals surface area contributed by atoms with Gasteiger partial charge in [0.25, 0.3) is 0 Å². The Balaban J connectivity index is 2.40. The summed E-state index contributed by atoms with van der Waals surface area (Å²) < 4.78 is 24.1. The first-order valence-corrected chi connectivity index (χ1v) is 6.02. The summed E-state index contributed by atoms with van der Waals surface area (Å²) >= 11 is 0. The molecule has 0 aromatic carbocycles. The van der Waals surface area contributed by atoms with E-state index in [2.05, 4.69) is 10.2 Å². The van der Waals surface area contributed by atoms with Gasteiger partial charge in [-0.2, -0.15) is 0 Å². The molecule has 0 spiro atoms. The van der Waals surface area contributed by atoms with Crippen LogP contribution in [0.1, 0.15) is 16.4 Å². The van der Waals surface area contributed by atoms with Gasteiger partial charge in [-0.25, -0.2) is 8.42 Å². The first-order valence-electron chi connectivity index (χ1n) is 4.20. The molecule has 7 heteroatoms. The molecular formula is C7H9N3O3S. The Bertz CT molecular complexity index is 463. The van der Waals surface area contributed by atoms with Crippen LogP contribution in [0.2, 0.25) is 0 Å². The number of hydrogen-bond acceptors (Lipinski definition) is 5. The largest absolute Gasteiger partial charge is 0.308 e. The highest BCUT2D eigenvalue weighted by atomic mass is 32.2. The maximum atomic E-state index is 11.3. The van der Waals surface area contributed by atoms with Crippen molar-refractivity contribution in [3.8, 4) is 0 Å². The Kier molecular flexibility index (Phi) is 2.10. The van der Waals surface area contributed by atoms with Crippen molar-refractivity contribution in [1.29, 1.82) is 0 Å². The van der Waals surface area contributed by atoms with Crippen molar-refractivity contribution in [2.45, 2.75) is 13.0 Å². The van der Waals surface area contributed by atoms with Gasteiger partial charge in [0.1, 0.15) is 5.82 Å². The second kappa shape index (κ2) is 3.16. The fraction of sp³-hybridized carbons (Fsp3) is 0.571. The van der Waals surface area contributed by atoms with Gasteiger partial charge in [-0.1, -0.05) is 0 Å². The number of aryl methyl sites for hydroxylation is 1. The van der Waals surface area contributed by atoms with Gasteiger partial charge in [0, 0.05) is 13.0 Å². The minimum Gasteiger partial charge on any atom is -0.308 e. The lowest BCUT2D eigenvalue weighted by Gasteiger charge is -2.00. The molecule has 0 saturated carbocycles. The van der Waals surface area contributed by atoms with Crippen LogP contribution in [0.3, 0.4) is 0 Å². The molecule has 0 saturated heterocycles. The van der Waals surface area contributed by atoms with Crippen molar-refractivity contribution < 1.29 is 13.2 Å². The van der Waals surface area contributed by atoms with Crippen LogP contribution in [0.4, 0.5) is 0 Å². The minimum atomic E-state index is -2.99. The predicted octanol–water partition coefficient (Wildman–Crippen LogP) is -0.938. The normalized spacial score (nSPS) is 19.7. The fourth-order valence-corrected chi connectivity index (χ4v) is 2.60. The van der Waals surface area contributed by atoms with E-state index in [1.54, 1.807) is 4.57 Å². The maximum Gasteiger partial charge on any atom is 0.196 e. The number of nitrogens with zero attached hydrogens (tertiary/aromatic N) is 3. The van der Waals surface area contributed by atoms with E-state index in [0.717, 1.165) is 0 Å². The minimum absolute atomic E-state index is 0.0544.